The molecule has 1 aromatic rings. The van der Waals surface area contributed by atoms with E-state index in [0.29, 0.717) is 0 Å². The molecule has 0 aliphatic rings. The Morgan fingerprint density at radius 1 is 0.519 bits per heavy atom. The minimum absolute atomic E-state index is 0.960. The third-order valence-corrected chi connectivity index (χ3v) is 5.52. The molecule has 0 aromatic carbocycles. The topological polar surface area (TPSA) is 25.8 Å². The van der Waals surface area contributed by atoms with Crippen molar-refractivity contribution in [1.29, 1.82) is 0 Å². The van der Waals surface area contributed by atoms with E-state index in [4.69, 9.17) is 0 Å². The number of nitrogens with zero attached hydrogens (tertiary/aromatic N) is 2. The number of aryl methyl sites for hydroxylation is 3. The van der Waals surface area contributed by atoms with Gasteiger partial charge in [-0.2, -0.15) is 0 Å². The van der Waals surface area contributed by atoms with Gasteiger partial charge in [0.15, 0.2) is 0 Å². The summed E-state index contributed by atoms with van der Waals surface area (Å²) in [7, 11) is 0. The van der Waals surface area contributed by atoms with Gasteiger partial charge in [0.05, 0.1) is 0 Å². The van der Waals surface area contributed by atoms with Gasteiger partial charge in [-0.3, -0.25) is 0 Å². The summed E-state index contributed by atoms with van der Waals surface area (Å²) in [4.78, 5) is 9.33. The molecule has 0 amide bonds. The molecule has 1 heterocycles. The van der Waals surface area contributed by atoms with Crippen LogP contribution in [0.1, 0.15) is 134 Å². The molecule has 0 saturated heterocycles. The lowest BCUT2D eigenvalue weighted by molar-refractivity contribution is 0.570. The van der Waals surface area contributed by atoms with Crippen molar-refractivity contribution in [2.24, 2.45) is 0 Å². The molecule has 1 rings (SSSR count). The Balaban J connectivity index is 2.14. The standard InChI is InChI=1S/C25H46N2/c1-4-6-8-10-12-14-16-18-20-24-22-25(27-23(3)26-24)21-19-17-15-13-11-9-7-5-2/h22H,4-21H2,1-3H3. The number of hydrogen-bond donors (Lipinski definition) is 0. The Kier molecular flexibility index (Phi) is 15.4. The minimum Gasteiger partial charge on any atom is -0.238 e. The van der Waals surface area contributed by atoms with Crippen LogP contribution < -0.4 is 0 Å². The van der Waals surface area contributed by atoms with Crippen LogP contribution in [0.25, 0.3) is 0 Å². The van der Waals surface area contributed by atoms with Crippen LogP contribution in [0.4, 0.5) is 0 Å². The van der Waals surface area contributed by atoms with Crippen molar-refractivity contribution in [3.63, 3.8) is 0 Å². The van der Waals surface area contributed by atoms with Crippen LogP contribution in [0, 0.1) is 6.92 Å². The maximum Gasteiger partial charge on any atom is 0.125 e. The number of unbranched alkanes of at least 4 members (excludes halogenated alkanes) is 14. The monoisotopic (exact) mass is 374 g/mol. The molecule has 27 heavy (non-hydrogen) atoms. The van der Waals surface area contributed by atoms with Crippen molar-refractivity contribution >= 4 is 0 Å². The SMILES string of the molecule is CCCCCCCCCCc1cc(CCCCCCCCCC)nc(C)n1. The zero-order valence-corrected chi connectivity index (χ0v) is 18.7. The molecule has 1 aromatic heterocycles. The van der Waals surface area contributed by atoms with Crippen molar-refractivity contribution in [1.82, 2.24) is 9.97 Å². The average molecular weight is 375 g/mol. The Morgan fingerprint density at radius 3 is 1.22 bits per heavy atom. The molecule has 0 aliphatic heterocycles. The van der Waals surface area contributed by atoms with Gasteiger partial charge in [0.25, 0.3) is 0 Å². The summed E-state index contributed by atoms with van der Waals surface area (Å²) in [6.45, 7) is 6.62. The van der Waals surface area contributed by atoms with Gasteiger partial charge in [-0.25, -0.2) is 9.97 Å². The van der Waals surface area contributed by atoms with Gasteiger partial charge in [-0.1, -0.05) is 104 Å². The fourth-order valence-electron chi connectivity index (χ4n) is 3.83. The first kappa shape index (κ1) is 24.1. The third kappa shape index (κ3) is 13.8. The molecule has 2 nitrogen and oxygen atoms in total. The van der Waals surface area contributed by atoms with Gasteiger partial charge >= 0.3 is 0 Å². The first-order valence-electron chi connectivity index (χ1n) is 12.1. The van der Waals surface area contributed by atoms with Crippen LogP contribution in [0.2, 0.25) is 0 Å². The summed E-state index contributed by atoms with van der Waals surface area (Å²) in [5, 5.41) is 0. The third-order valence-electron chi connectivity index (χ3n) is 5.52. The van der Waals surface area contributed by atoms with Crippen molar-refractivity contribution < 1.29 is 0 Å². The summed E-state index contributed by atoms with van der Waals surface area (Å²) in [5.74, 6) is 0.960. The summed E-state index contributed by atoms with van der Waals surface area (Å²) in [6.07, 6.45) is 24.3. The van der Waals surface area contributed by atoms with Gasteiger partial charge in [0.2, 0.25) is 0 Å². The van der Waals surface area contributed by atoms with E-state index in [1.165, 1.54) is 114 Å². The molecule has 0 radical (unpaired) electrons. The Morgan fingerprint density at radius 2 is 0.852 bits per heavy atom. The zero-order valence-electron chi connectivity index (χ0n) is 18.7. The lowest BCUT2D eigenvalue weighted by atomic mass is 10.0. The van der Waals surface area contributed by atoms with E-state index in [9.17, 15) is 0 Å². The molecule has 0 fully saturated rings. The zero-order chi connectivity index (χ0) is 19.6. The van der Waals surface area contributed by atoms with E-state index in [0.717, 1.165) is 18.7 Å². The highest BCUT2D eigenvalue weighted by molar-refractivity contribution is 5.11. The van der Waals surface area contributed by atoms with Gasteiger partial charge in [-0.05, 0) is 38.7 Å². The molecule has 0 N–H and O–H groups in total. The number of rotatable bonds is 18. The Bertz CT molecular complexity index is 417. The normalized spacial score (nSPS) is 11.2. The van der Waals surface area contributed by atoms with E-state index in [1.54, 1.807) is 0 Å². The van der Waals surface area contributed by atoms with E-state index in [-0.39, 0.29) is 0 Å². The molecule has 0 spiro atoms. The molecule has 156 valence electrons. The van der Waals surface area contributed by atoms with Gasteiger partial charge < -0.3 is 0 Å². The Labute approximate surface area is 170 Å². The van der Waals surface area contributed by atoms with Crippen molar-refractivity contribution in [3.05, 3.63) is 23.3 Å². The van der Waals surface area contributed by atoms with Gasteiger partial charge in [0, 0.05) is 11.4 Å². The average Bonchev–Trinajstić information content (AvgIpc) is 2.65. The lowest BCUT2D eigenvalue weighted by Crippen LogP contribution is -2.01. The number of aromatic nitrogens is 2. The van der Waals surface area contributed by atoms with E-state index in [1.807, 2.05) is 0 Å². The van der Waals surface area contributed by atoms with Gasteiger partial charge in [0.1, 0.15) is 5.82 Å². The molecule has 0 saturated carbocycles. The highest BCUT2D eigenvalue weighted by atomic mass is 14.9. The summed E-state index contributed by atoms with van der Waals surface area (Å²) in [6, 6.07) is 2.27. The van der Waals surface area contributed by atoms with E-state index in [2.05, 4.69) is 36.8 Å². The van der Waals surface area contributed by atoms with Crippen molar-refractivity contribution in [2.45, 2.75) is 136 Å². The highest BCUT2D eigenvalue weighted by Gasteiger charge is 2.03. The molecule has 0 aliphatic carbocycles. The highest BCUT2D eigenvalue weighted by Crippen LogP contribution is 2.14. The largest absolute Gasteiger partial charge is 0.238 e. The maximum atomic E-state index is 4.67. The predicted octanol–water partition coefficient (Wildman–Crippen LogP) is 8.15. The van der Waals surface area contributed by atoms with Crippen LogP contribution in [-0.2, 0) is 12.8 Å². The molecule has 0 bridgehead atoms. The quantitative estimate of drug-likeness (QED) is 0.242. The van der Waals surface area contributed by atoms with Crippen LogP contribution >= 0.6 is 0 Å². The summed E-state index contributed by atoms with van der Waals surface area (Å²) >= 11 is 0. The molecular formula is C25H46N2. The number of hydrogen-bond acceptors (Lipinski definition) is 2. The molecule has 0 atom stereocenters. The first-order chi connectivity index (χ1) is 13.3. The second kappa shape index (κ2) is 17.2. The first-order valence-corrected chi connectivity index (χ1v) is 12.1. The van der Waals surface area contributed by atoms with E-state index >= 15 is 0 Å². The maximum absolute atomic E-state index is 4.67. The van der Waals surface area contributed by atoms with Crippen LogP contribution in [-0.4, -0.2) is 9.97 Å². The fraction of sp³-hybridized carbons (Fsp3) is 0.840. The predicted molar refractivity (Wildman–Crippen MR) is 119 cm³/mol. The fourth-order valence-corrected chi connectivity index (χ4v) is 3.83. The smallest absolute Gasteiger partial charge is 0.125 e. The molecular weight excluding hydrogens is 328 g/mol. The van der Waals surface area contributed by atoms with Crippen LogP contribution in [0.3, 0.4) is 0 Å². The van der Waals surface area contributed by atoms with Gasteiger partial charge in [-0.15, -0.1) is 0 Å². The lowest BCUT2D eigenvalue weighted by Gasteiger charge is -2.07. The second-order valence-electron chi connectivity index (χ2n) is 8.35. The molecule has 2 heteroatoms. The summed E-state index contributed by atoms with van der Waals surface area (Å²) in [5.41, 5.74) is 2.53. The Hall–Kier alpha value is -0.920. The minimum atomic E-state index is 0.960. The van der Waals surface area contributed by atoms with Crippen LogP contribution in [0.15, 0.2) is 6.07 Å². The van der Waals surface area contributed by atoms with Crippen molar-refractivity contribution in [2.75, 3.05) is 0 Å². The van der Waals surface area contributed by atoms with E-state index < -0.39 is 0 Å². The van der Waals surface area contributed by atoms with Crippen molar-refractivity contribution in [3.8, 4) is 0 Å². The van der Waals surface area contributed by atoms with Crippen LogP contribution in [0.5, 0.6) is 0 Å². The second-order valence-corrected chi connectivity index (χ2v) is 8.35. The molecule has 0 unspecified atom stereocenters. The summed E-state index contributed by atoms with van der Waals surface area (Å²) < 4.78 is 0.